The summed E-state index contributed by atoms with van der Waals surface area (Å²) in [6.45, 7) is 6.68. The third-order valence-corrected chi connectivity index (χ3v) is 12.4. The third-order valence-electron chi connectivity index (χ3n) is 12.4. The number of hydrogen-bond donors (Lipinski definition) is 1. The molecule has 0 aromatic heterocycles. The van der Waals surface area contributed by atoms with Crippen molar-refractivity contribution in [3.63, 3.8) is 0 Å². The topological polar surface area (TPSA) is 150 Å². The van der Waals surface area contributed by atoms with Gasteiger partial charge in [-0.15, -0.1) is 0 Å². The van der Waals surface area contributed by atoms with Crippen molar-refractivity contribution in [1.29, 1.82) is 0 Å². The molecule has 1 N–H and O–H groups in total. The van der Waals surface area contributed by atoms with Crippen LogP contribution < -0.4 is 0 Å². The lowest BCUT2D eigenvalue weighted by molar-refractivity contribution is -0.184. The van der Waals surface area contributed by atoms with E-state index >= 15 is 0 Å². The number of aliphatic hydroxyl groups is 1. The summed E-state index contributed by atoms with van der Waals surface area (Å²) in [7, 11) is 0. The Morgan fingerprint density at radius 2 is 0.469 bits per heavy atom. The summed E-state index contributed by atoms with van der Waals surface area (Å²) < 4.78 is 14.7. The SMILES string of the molecule is CCCCCCCCCCCCCCCC(=O)OC(=O)CC(O)(CC(=O)OC(=O)CCCCCCCCCCCCCCC)C(=O)OC(=O)CCCCCCCCCCCCCCC. The Hall–Kier alpha value is -2.62. The van der Waals surface area contributed by atoms with E-state index in [1.54, 1.807) is 0 Å². The van der Waals surface area contributed by atoms with Gasteiger partial charge in [0.15, 0.2) is 5.60 Å². The van der Waals surface area contributed by atoms with Crippen LogP contribution >= 0.6 is 0 Å². The Balaban J connectivity index is 4.80. The molecule has 0 fully saturated rings. The zero-order valence-electron chi connectivity index (χ0n) is 41.7. The second kappa shape index (κ2) is 45.5. The summed E-state index contributed by atoms with van der Waals surface area (Å²) in [6.07, 6.45) is 41.9. The summed E-state index contributed by atoms with van der Waals surface area (Å²) in [5.74, 6) is -6.52. The molecule has 10 nitrogen and oxygen atoms in total. The van der Waals surface area contributed by atoms with E-state index in [9.17, 15) is 33.9 Å². The van der Waals surface area contributed by atoms with Gasteiger partial charge in [0.05, 0.1) is 12.8 Å². The van der Waals surface area contributed by atoms with Gasteiger partial charge in [0.1, 0.15) is 0 Å². The van der Waals surface area contributed by atoms with E-state index < -0.39 is 54.3 Å². The molecule has 0 saturated carbocycles. The number of esters is 6. The monoisotopic (exact) mass is 907 g/mol. The van der Waals surface area contributed by atoms with Gasteiger partial charge in [-0.05, 0) is 19.3 Å². The Kier molecular flexibility index (Phi) is 43.7. The quantitative estimate of drug-likeness (QED) is 0.0270. The maximum Gasteiger partial charge on any atom is 0.346 e. The normalized spacial score (nSPS) is 11.4. The number of rotatable bonds is 47. The summed E-state index contributed by atoms with van der Waals surface area (Å²) in [6, 6.07) is 0. The van der Waals surface area contributed by atoms with Gasteiger partial charge >= 0.3 is 35.8 Å². The molecular weight excluding hydrogens is 809 g/mol. The van der Waals surface area contributed by atoms with Crippen molar-refractivity contribution in [3.8, 4) is 0 Å². The highest BCUT2D eigenvalue weighted by atomic mass is 16.6. The number of ether oxygens (including phenoxy) is 3. The second-order valence-corrected chi connectivity index (χ2v) is 18.8. The van der Waals surface area contributed by atoms with E-state index in [4.69, 9.17) is 14.2 Å². The maximum atomic E-state index is 13.2. The fourth-order valence-corrected chi connectivity index (χ4v) is 8.22. The summed E-state index contributed by atoms with van der Waals surface area (Å²) in [4.78, 5) is 76.5. The van der Waals surface area contributed by atoms with E-state index in [-0.39, 0.29) is 19.3 Å². The van der Waals surface area contributed by atoms with Crippen LogP contribution in [0.15, 0.2) is 0 Å². The predicted octanol–water partition coefficient (Wildman–Crippen LogP) is 15.2. The summed E-state index contributed by atoms with van der Waals surface area (Å²) in [5, 5.41) is 11.3. The van der Waals surface area contributed by atoms with E-state index in [1.165, 1.54) is 154 Å². The molecule has 0 unspecified atom stereocenters. The first-order valence-corrected chi connectivity index (χ1v) is 27.0. The number of carbonyl (C=O) groups is 6. The molecule has 0 amide bonds. The molecule has 0 aliphatic rings. The zero-order valence-corrected chi connectivity index (χ0v) is 41.7. The minimum atomic E-state index is -2.87. The second-order valence-electron chi connectivity index (χ2n) is 18.8. The molecule has 64 heavy (non-hydrogen) atoms. The summed E-state index contributed by atoms with van der Waals surface area (Å²) >= 11 is 0. The van der Waals surface area contributed by atoms with Crippen molar-refractivity contribution in [3.05, 3.63) is 0 Å². The van der Waals surface area contributed by atoms with Gasteiger partial charge in [-0.25, -0.2) is 4.79 Å². The molecule has 374 valence electrons. The minimum Gasteiger partial charge on any atom is -0.393 e. The molecular formula is C54H98O10. The van der Waals surface area contributed by atoms with Crippen LogP contribution in [0.4, 0.5) is 0 Å². The lowest BCUT2D eigenvalue weighted by Gasteiger charge is -2.23. The molecule has 0 aliphatic carbocycles. The highest BCUT2D eigenvalue weighted by Crippen LogP contribution is 2.22. The van der Waals surface area contributed by atoms with Gasteiger partial charge < -0.3 is 19.3 Å². The van der Waals surface area contributed by atoms with E-state index in [2.05, 4.69) is 20.8 Å². The van der Waals surface area contributed by atoms with Crippen molar-refractivity contribution in [2.45, 2.75) is 309 Å². The van der Waals surface area contributed by atoms with Crippen molar-refractivity contribution < 1.29 is 48.1 Å². The predicted molar refractivity (Wildman–Crippen MR) is 258 cm³/mol. The smallest absolute Gasteiger partial charge is 0.346 e. The van der Waals surface area contributed by atoms with Crippen LogP contribution in [0.25, 0.3) is 0 Å². The highest BCUT2D eigenvalue weighted by Gasteiger charge is 2.45. The molecule has 0 rings (SSSR count). The molecule has 0 saturated heterocycles. The van der Waals surface area contributed by atoms with Crippen LogP contribution in [0.3, 0.4) is 0 Å². The van der Waals surface area contributed by atoms with E-state index in [1.807, 2.05) is 0 Å². The van der Waals surface area contributed by atoms with Gasteiger partial charge in [-0.1, -0.05) is 252 Å². The molecule has 0 heterocycles. The van der Waals surface area contributed by atoms with Gasteiger partial charge in [0.25, 0.3) is 0 Å². The number of hydrogen-bond acceptors (Lipinski definition) is 10. The van der Waals surface area contributed by atoms with E-state index in [0.29, 0.717) is 19.3 Å². The Morgan fingerprint density at radius 3 is 0.688 bits per heavy atom. The molecule has 0 aromatic rings. The van der Waals surface area contributed by atoms with Gasteiger partial charge in [0.2, 0.25) is 0 Å². The lowest BCUT2D eigenvalue weighted by Crippen LogP contribution is -2.46. The third kappa shape index (κ3) is 40.9. The first kappa shape index (κ1) is 61.4. The average Bonchev–Trinajstić information content (AvgIpc) is 3.25. The molecule has 0 atom stereocenters. The number of carbonyl (C=O) groups excluding carboxylic acids is 6. The number of unbranched alkanes of at least 4 members (excludes halogenated alkanes) is 36. The fourth-order valence-electron chi connectivity index (χ4n) is 8.22. The van der Waals surface area contributed by atoms with E-state index in [0.717, 1.165) is 77.0 Å². The standard InChI is InChI=1S/C54H98O10/c1-4-7-10-13-16-19-22-25-28-31-34-37-40-43-48(55)62-51(58)46-54(61,53(60)64-50(57)45-42-39-36-33-30-27-24-21-18-15-12-9-6-3)47-52(59)63-49(56)44-41-38-35-32-29-26-23-20-17-14-11-8-5-2/h61H,4-47H2,1-3H3. The van der Waals surface area contributed by atoms with Gasteiger partial charge in [-0.2, -0.15) is 0 Å². The van der Waals surface area contributed by atoms with Crippen molar-refractivity contribution >= 4 is 35.8 Å². The molecule has 0 radical (unpaired) electrons. The Morgan fingerprint density at radius 1 is 0.281 bits per heavy atom. The lowest BCUT2D eigenvalue weighted by atomic mass is 9.95. The first-order chi connectivity index (χ1) is 31.1. The van der Waals surface area contributed by atoms with Gasteiger partial charge in [0, 0.05) is 19.3 Å². The average molecular weight is 907 g/mol. The highest BCUT2D eigenvalue weighted by molar-refractivity contribution is 5.98. The van der Waals surface area contributed by atoms with Crippen LogP contribution in [-0.4, -0.2) is 46.5 Å². The van der Waals surface area contributed by atoms with Crippen LogP contribution in [0.2, 0.25) is 0 Å². The first-order valence-electron chi connectivity index (χ1n) is 27.0. The van der Waals surface area contributed by atoms with Crippen molar-refractivity contribution in [2.75, 3.05) is 0 Å². The van der Waals surface area contributed by atoms with Gasteiger partial charge in [-0.3, -0.25) is 24.0 Å². The van der Waals surface area contributed by atoms with Crippen molar-refractivity contribution in [1.82, 2.24) is 0 Å². The summed E-state index contributed by atoms with van der Waals surface area (Å²) in [5.41, 5.74) is -2.87. The minimum absolute atomic E-state index is 0.0142. The Bertz CT molecular complexity index is 1110. The molecule has 0 aliphatic heterocycles. The molecule has 0 aromatic carbocycles. The molecule has 0 spiro atoms. The van der Waals surface area contributed by atoms with Crippen LogP contribution in [0, 0.1) is 0 Å². The zero-order chi connectivity index (χ0) is 47.2. The molecule has 0 bridgehead atoms. The Labute approximate surface area is 391 Å². The molecule has 10 heteroatoms. The van der Waals surface area contributed by atoms with Crippen LogP contribution in [0.5, 0.6) is 0 Å². The fraction of sp³-hybridized carbons (Fsp3) is 0.889. The van der Waals surface area contributed by atoms with Crippen molar-refractivity contribution in [2.24, 2.45) is 0 Å². The van der Waals surface area contributed by atoms with Crippen LogP contribution in [-0.2, 0) is 43.0 Å². The van der Waals surface area contributed by atoms with Crippen LogP contribution in [0.1, 0.15) is 303 Å². The largest absolute Gasteiger partial charge is 0.393 e. The maximum absolute atomic E-state index is 13.2.